The van der Waals surface area contributed by atoms with Crippen LogP contribution in [0.3, 0.4) is 0 Å². The Morgan fingerprint density at radius 3 is 2.10 bits per heavy atom. The molecule has 0 aliphatic carbocycles. The highest BCUT2D eigenvalue weighted by atomic mass is 32.2. The molecule has 7 heteroatoms. The van der Waals surface area contributed by atoms with E-state index >= 15 is 0 Å². The molecular formula is C23H31N3O3S. The molecule has 3 rings (SSSR count). The maximum atomic E-state index is 12.9. The summed E-state index contributed by atoms with van der Waals surface area (Å²) in [6.45, 7) is 5.83. The molecular weight excluding hydrogens is 398 g/mol. The fraction of sp³-hybridized carbons (Fsp3) is 0.435. The standard InChI is InChI=1S/C23H31N3O3S/c1-3-10-22(20-11-6-4-7-12-20)24-23(27)19(2)25-15-17-26(18-16-25)30(28,29)21-13-8-5-9-14-21/h4-9,11-14,19,22H,3,10,15-18H2,1-2H3,(H,24,27)/t19-,22-/m1/s1. The zero-order valence-electron chi connectivity index (χ0n) is 17.7. The highest BCUT2D eigenvalue weighted by molar-refractivity contribution is 7.89. The SMILES string of the molecule is CCC[C@@H](NC(=O)[C@@H](C)N1CCN(S(=O)(=O)c2ccccc2)CC1)c1ccccc1. The summed E-state index contributed by atoms with van der Waals surface area (Å²) in [6.07, 6.45) is 1.86. The van der Waals surface area contributed by atoms with Gasteiger partial charge in [0.25, 0.3) is 0 Å². The molecule has 2 aromatic rings. The molecule has 1 amide bonds. The van der Waals surface area contributed by atoms with Gasteiger partial charge in [0.15, 0.2) is 0 Å². The van der Waals surface area contributed by atoms with Crippen molar-refractivity contribution in [3.63, 3.8) is 0 Å². The lowest BCUT2D eigenvalue weighted by molar-refractivity contribution is -0.127. The van der Waals surface area contributed by atoms with Gasteiger partial charge in [-0.2, -0.15) is 4.31 Å². The fourth-order valence-corrected chi connectivity index (χ4v) is 5.27. The van der Waals surface area contributed by atoms with E-state index in [0.717, 1.165) is 18.4 Å². The number of carbonyl (C=O) groups is 1. The predicted molar refractivity (Wildman–Crippen MR) is 118 cm³/mol. The van der Waals surface area contributed by atoms with Crippen molar-refractivity contribution in [2.24, 2.45) is 0 Å². The van der Waals surface area contributed by atoms with Crippen molar-refractivity contribution in [2.45, 2.75) is 43.7 Å². The van der Waals surface area contributed by atoms with Crippen molar-refractivity contribution in [2.75, 3.05) is 26.2 Å². The van der Waals surface area contributed by atoms with E-state index in [1.54, 1.807) is 30.3 Å². The number of hydrogen-bond acceptors (Lipinski definition) is 4. The Labute approximate surface area is 179 Å². The van der Waals surface area contributed by atoms with Crippen LogP contribution in [0.2, 0.25) is 0 Å². The van der Waals surface area contributed by atoms with Gasteiger partial charge in [0.05, 0.1) is 17.0 Å². The van der Waals surface area contributed by atoms with Crippen molar-refractivity contribution in [1.82, 2.24) is 14.5 Å². The molecule has 162 valence electrons. The van der Waals surface area contributed by atoms with Gasteiger partial charge < -0.3 is 5.32 Å². The maximum absolute atomic E-state index is 12.9. The van der Waals surface area contributed by atoms with E-state index in [2.05, 4.69) is 17.1 Å². The van der Waals surface area contributed by atoms with Crippen molar-refractivity contribution < 1.29 is 13.2 Å². The number of nitrogens with one attached hydrogen (secondary N) is 1. The van der Waals surface area contributed by atoms with Gasteiger partial charge in [-0.1, -0.05) is 61.9 Å². The Kier molecular flexibility index (Phi) is 7.64. The molecule has 0 saturated carbocycles. The van der Waals surface area contributed by atoms with Gasteiger partial charge in [0.2, 0.25) is 15.9 Å². The second kappa shape index (κ2) is 10.2. The molecule has 0 spiro atoms. The quantitative estimate of drug-likeness (QED) is 0.700. The molecule has 1 fully saturated rings. The van der Waals surface area contributed by atoms with Crippen molar-refractivity contribution in [3.8, 4) is 0 Å². The van der Waals surface area contributed by atoms with Crippen molar-refractivity contribution in [1.29, 1.82) is 0 Å². The summed E-state index contributed by atoms with van der Waals surface area (Å²) in [4.78, 5) is 15.3. The van der Waals surface area contributed by atoms with Crippen LogP contribution in [0, 0.1) is 0 Å². The lowest BCUT2D eigenvalue weighted by Crippen LogP contribution is -2.55. The highest BCUT2D eigenvalue weighted by Crippen LogP contribution is 2.20. The van der Waals surface area contributed by atoms with Gasteiger partial charge in [-0.05, 0) is 31.0 Å². The molecule has 1 aliphatic rings. The molecule has 0 bridgehead atoms. The summed E-state index contributed by atoms with van der Waals surface area (Å²) in [7, 11) is -3.49. The molecule has 1 aliphatic heterocycles. The Balaban J connectivity index is 1.59. The van der Waals surface area contributed by atoms with Crippen LogP contribution in [-0.4, -0.2) is 55.8 Å². The summed E-state index contributed by atoms with van der Waals surface area (Å²) in [5.74, 6) is -0.0170. The number of amides is 1. The van der Waals surface area contributed by atoms with Crippen LogP contribution < -0.4 is 5.32 Å². The summed E-state index contributed by atoms with van der Waals surface area (Å²) in [6, 6.07) is 18.2. The Morgan fingerprint density at radius 2 is 1.53 bits per heavy atom. The third-order valence-electron chi connectivity index (χ3n) is 5.68. The van der Waals surface area contributed by atoms with E-state index in [-0.39, 0.29) is 18.0 Å². The Morgan fingerprint density at radius 1 is 0.967 bits per heavy atom. The van der Waals surface area contributed by atoms with Crippen LogP contribution in [0.1, 0.15) is 38.3 Å². The first kappa shape index (κ1) is 22.5. The minimum Gasteiger partial charge on any atom is -0.348 e. The first-order valence-corrected chi connectivity index (χ1v) is 12.0. The Hall–Kier alpha value is -2.22. The molecule has 2 atom stereocenters. The zero-order valence-corrected chi connectivity index (χ0v) is 18.5. The first-order valence-electron chi connectivity index (χ1n) is 10.6. The first-order chi connectivity index (χ1) is 14.4. The second-order valence-electron chi connectivity index (χ2n) is 7.69. The summed E-state index contributed by atoms with van der Waals surface area (Å²) in [5, 5.41) is 3.19. The number of hydrogen-bond donors (Lipinski definition) is 1. The molecule has 30 heavy (non-hydrogen) atoms. The lowest BCUT2D eigenvalue weighted by Gasteiger charge is -2.37. The minimum absolute atomic E-state index is 0.00843. The topological polar surface area (TPSA) is 69.7 Å². The summed E-state index contributed by atoms with van der Waals surface area (Å²) in [5.41, 5.74) is 1.11. The summed E-state index contributed by atoms with van der Waals surface area (Å²) < 4.78 is 27.1. The van der Waals surface area contributed by atoms with Crippen LogP contribution in [0.5, 0.6) is 0 Å². The van der Waals surface area contributed by atoms with Crippen LogP contribution in [0.25, 0.3) is 0 Å². The molecule has 2 aromatic carbocycles. The van der Waals surface area contributed by atoms with Gasteiger partial charge in [-0.3, -0.25) is 9.69 Å². The molecule has 0 unspecified atom stereocenters. The number of benzene rings is 2. The molecule has 1 heterocycles. The van der Waals surface area contributed by atoms with Crippen LogP contribution in [-0.2, 0) is 14.8 Å². The number of sulfonamides is 1. The average molecular weight is 430 g/mol. The second-order valence-corrected chi connectivity index (χ2v) is 9.63. The third kappa shape index (κ3) is 5.28. The maximum Gasteiger partial charge on any atom is 0.243 e. The molecule has 0 radical (unpaired) electrons. The number of carbonyl (C=O) groups excluding carboxylic acids is 1. The van der Waals surface area contributed by atoms with Gasteiger partial charge in [0, 0.05) is 26.2 Å². The smallest absolute Gasteiger partial charge is 0.243 e. The molecule has 6 nitrogen and oxygen atoms in total. The van der Waals surface area contributed by atoms with E-state index < -0.39 is 10.0 Å². The highest BCUT2D eigenvalue weighted by Gasteiger charge is 2.32. The van der Waals surface area contributed by atoms with E-state index in [1.165, 1.54) is 4.31 Å². The van der Waals surface area contributed by atoms with E-state index in [1.807, 2.05) is 37.3 Å². The minimum atomic E-state index is -3.49. The van der Waals surface area contributed by atoms with E-state index in [4.69, 9.17) is 0 Å². The normalized spacial score (nSPS) is 17.9. The number of rotatable bonds is 8. The largest absolute Gasteiger partial charge is 0.348 e. The van der Waals surface area contributed by atoms with E-state index in [0.29, 0.717) is 31.1 Å². The van der Waals surface area contributed by atoms with Gasteiger partial charge in [0.1, 0.15) is 0 Å². The van der Waals surface area contributed by atoms with Gasteiger partial charge in [-0.15, -0.1) is 0 Å². The molecule has 1 N–H and O–H groups in total. The zero-order chi connectivity index (χ0) is 21.6. The van der Waals surface area contributed by atoms with Gasteiger partial charge in [-0.25, -0.2) is 8.42 Å². The molecule has 0 aromatic heterocycles. The number of piperazine rings is 1. The molecule has 1 saturated heterocycles. The van der Waals surface area contributed by atoms with E-state index in [9.17, 15) is 13.2 Å². The van der Waals surface area contributed by atoms with Crippen LogP contribution in [0.15, 0.2) is 65.6 Å². The van der Waals surface area contributed by atoms with Crippen LogP contribution >= 0.6 is 0 Å². The van der Waals surface area contributed by atoms with Crippen molar-refractivity contribution >= 4 is 15.9 Å². The van der Waals surface area contributed by atoms with Crippen LogP contribution in [0.4, 0.5) is 0 Å². The predicted octanol–water partition coefficient (Wildman–Crippen LogP) is 3.04. The number of nitrogens with zero attached hydrogens (tertiary/aromatic N) is 2. The third-order valence-corrected chi connectivity index (χ3v) is 7.59. The fourth-order valence-electron chi connectivity index (χ4n) is 3.83. The Bertz CT molecular complexity index is 911. The van der Waals surface area contributed by atoms with Crippen molar-refractivity contribution in [3.05, 3.63) is 66.2 Å². The average Bonchev–Trinajstić information content (AvgIpc) is 2.79. The summed E-state index contributed by atoms with van der Waals surface area (Å²) >= 11 is 0. The lowest BCUT2D eigenvalue weighted by atomic mass is 10.0. The van der Waals surface area contributed by atoms with Gasteiger partial charge >= 0.3 is 0 Å². The monoisotopic (exact) mass is 429 g/mol.